The van der Waals surface area contributed by atoms with Crippen molar-refractivity contribution in [2.24, 2.45) is 5.10 Å². The number of nitrogens with two attached hydrogens (primary N) is 1. The number of hydrogen-bond acceptors (Lipinski definition) is 11. The van der Waals surface area contributed by atoms with Crippen molar-refractivity contribution in [3.63, 3.8) is 0 Å². The molecule has 0 unspecified atom stereocenters. The first-order valence-corrected chi connectivity index (χ1v) is 10.8. The Bertz CT molecular complexity index is 1120. The fourth-order valence-corrected chi connectivity index (χ4v) is 3.38. The highest BCUT2D eigenvalue weighted by molar-refractivity contribution is 5.94. The van der Waals surface area contributed by atoms with Crippen molar-refractivity contribution in [3.05, 3.63) is 35.2 Å². The molecule has 182 valence electrons. The number of amides is 1. The lowest BCUT2D eigenvalue weighted by Crippen LogP contribution is -2.28. The van der Waals surface area contributed by atoms with Crippen LogP contribution in [-0.2, 0) is 6.54 Å². The minimum Gasteiger partial charge on any atom is -0.497 e. The van der Waals surface area contributed by atoms with Crippen LogP contribution in [-0.4, -0.2) is 69.6 Å². The summed E-state index contributed by atoms with van der Waals surface area (Å²) in [7, 11) is 3.11. The van der Waals surface area contributed by atoms with E-state index < -0.39 is 5.91 Å². The van der Waals surface area contributed by atoms with Crippen LogP contribution >= 0.6 is 0 Å². The average Bonchev–Trinajstić information content (AvgIpc) is 3.45. The van der Waals surface area contributed by atoms with Gasteiger partial charge in [-0.1, -0.05) is 19.1 Å². The molecule has 2 aromatic heterocycles. The number of nitrogens with one attached hydrogen (secondary N) is 1. The molecule has 1 aromatic carbocycles. The second-order valence-electron chi connectivity index (χ2n) is 7.35. The quantitative estimate of drug-likeness (QED) is 0.294. The molecule has 13 heteroatoms. The molecule has 0 fully saturated rings. The van der Waals surface area contributed by atoms with E-state index in [1.807, 2.05) is 0 Å². The van der Waals surface area contributed by atoms with E-state index in [1.165, 1.54) is 18.0 Å². The monoisotopic (exact) mass is 471 g/mol. The fraction of sp³-hybridized carbons (Fsp3) is 0.429. The zero-order chi connectivity index (χ0) is 24.5. The maximum Gasteiger partial charge on any atom is 0.293 e. The van der Waals surface area contributed by atoms with Crippen molar-refractivity contribution in [2.45, 2.75) is 33.2 Å². The van der Waals surface area contributed by atoms with Crippen molar-refractivity contribution in [2.75, 3.05) is 33.0 Å². The Morgan fingerprint density at radius 2 is 2.00 bits per heavy atom. The van der Waals surface area contributed by atoms with Crippen molar-refractivity contribution in [1.82, 2.24) is 35.6 Å². The molecule has 3 N–H and O–H groups in total. The third kappa shape index (κ3) is 5.67. The molecule has 0 aliphatic carbocycles. The molecule has 0 radical (unpaired) electrons. The Kier molecular flexibility index (Phi) is 8.51. The molecular weight excluding hydrogens is 442 g/mol. The summed E-state index contributed by atoms with van der Waals surface area (Å²) in [5.41, 5.74) is 9.60. The number of hydrogen-bond donors (Lipinski definition) is 2. The number of carbonyl (C=O) groups excluding carboxylic acids is 1. The molecule has 34 heavy (non-hydrogen) atoms. The fourth-order valence-electron chi connectivity index (χ4n) is 3.38. The number of aromatic nitrogens is 5. The Balaban J connectivity index is 1.86. The third-order valence-corrected chi connectivity index (χ3v) is 4.94. The second-order valence-corrected chi connectivity index (χ2v) is 7.35. The van der Waals surface area contributed by atoms with Crippen LogP contribution in [0.15, 0.2) is 27.9 Å². The molecule has 1 amide bonds. The molecule has 13 nitrogen and oxygen atoms in total. The maximum atomic E-state index is 13.0. The van der Waals surface area contributed by atoms with Gasteiger partial charge in [0.15, 0.2) is 5.69 Å². The predicted molar refractivity (Wildman–Crippen MR) is 124 cm³/mol. The van der Waals surface area contributed by atoms with Crippen LogP contribution in [0.3, 0.4) is 0 Å². The summed E-state index contributed by atoms with van der Waals surface area (Å²) in [5, 5.41) is 19.6. The topological polar surface area (TPSA) is 159 Å². The summed E-state index contributed by atoms with van der Waals surface area (Å²) in [6.45, 7) is 6.25. The smallest absolute Gasteiger partial charge is 0.293 e. The lowest BCUT2D eigenvalue weighted by atomic mass is 10.2. The molecule has 0 atom stereocenters. The van der Waals surface area contributed by atoms with Crippen LogP contribution < -0.4 is 20.6 Å². The zero-order valence-electron chi connectivity index (χ0n) is 19.7. The highest BCUT2D eigenvalue weighted by atomic mass is 16.6. The molecule has 0 aliphatic heterocycles. The Morgan fingerprint density at radius 3 is 2.62 bits per heavy atom. The van der Waals surface area contributed by atoms with E-state index in [9.17, 15) is 4.79 Å². The van der Waals surface area contributed by atoms with Crippen molar-refractivity contribution in [1.29, 1.82) is 0 Å². The average molecular weight is 472 g/mol. The normalized spacial score (nSPS) is 11.3. The van der Waals surface area contributed by atoms with Crippen molar-refractivity contribution in [3.8, 4) is 17.3 Å². The molecule has 3 aromatic rings. The van der Waals surface area contributed by atoms with Crippen LogP contribution in [0, 0.1) is 0 Å². The number of nitrogen functional groups attached to an aromatic ring is 1. The summed E-state index contributed by atoms with van der Waals surface area (Å²) in [6.07, 6.45) is 3.37. The van der Waals surface area contributed by atoms with Gasteiger partial charge >= 0.3 is 0 Å². The van der Waals surface area contributed by atoms with E-state index in [1.54, 1.807) is 25.3 Å². The van der Waals surface area contributed by atoms with Crippen LogP contribution in [0.5, 0.6) is 11.5 Å². The number of ether oxygens (including phenoxy) is 2. The molecule has 0 aliphatic rings. The lowest BCUT2D eigenvalue weighted by molar-refractivity contribution is 0.0947. The van der Waals surface area contributed by atoms with Gasteiger partial charge in [-0.25, -0.2) is 10.1 Å². The summed E-state index contributed by atoms with van der Waals surface area (Å²) < 4.78 is 16.6. The predicted octanol–water partition coefficient (Wildman–Crippen LogP) is 1.64. The number of rotatable bonds is 12. The van der Waals surface area contributed by atoms with Gasteiger partial charge in [-0.05, 0) is 48.4 Å². The van der Waals surface area contributed by atoms with Gasteiger partial charge in [0.05, 0.1) is 26.1 Å². The number of carbonyl (C=O) groups is 1. The number of benzene rings is 1. The van der Waals surface area contributed by atoms with Gasteiger partial charge in [-0.2, -0.15) is 9.78 Å². The minimum atomic E-state index is -0.534. The Morgan fingerprint density at radius 1 is 1.24 bits per heavy atom. The molecule has 0 bridgehead atoms. The Labute approximate surface area is 196 Å². The maximum absolute atomic E-state index is 13.0. The molecule has 3 rings (SSSR count). The number of methoxy groups -OCH3 is 2. The highest BCUT2D eigenvalue weighted by Crippen LogP contribution is 2.23. The first-order chi connectivity index (χ1) is 16.5. The Hall–Kier alpha value is -4.00. The standard InChI is InChI=1S/C21H29N9O4/c1-5-9-29(10-6-2)13-16-18(24-28-30(16)20-19(22)26-34-27-20)21(31)25-23-12-14-7-8-15(32-3)11-17(14)33-4/h7-8,11-12H,5-6,9-10,13H2,1-4H3,(H2,22,26)(H,25,31). The van der Waals surface area contributed by atoms with Gasteiger partial charge in [0.2, 0.25) is 11.6 Å². The molecule has 0 saturated carbocycles. The van der Waals surface area contributed by atoms with Gasteiger partial charge in [0, 0.05) is 18.2 Å². The van der Waals surface area contributed by atoms with Crippen LogP contribution in [0.25, 0.3) is 5.82 Å². The van der Waals surface area contributed by atoms with Crippen molar-refractivity contribution < 1.29 is 18.9 Å². The summed E-state index contributed by atoms with van der Waals surface area (Å²) in [5.74, 6) is 0.867. The van der Waals surface area contributed by atoms with E-state index in [4.69, 9.17) is 19.8 Å². The van der Waals surface area contributed by atoms with Gasteiger partial charge in [0.1, 0.15) is 11.5 Å². The van der Waals surface area contributed by atoms with Crippen LogP contribution in [0.2, 0.25) is 0 Å². The van der Waals surface area contributed by atoms with Gasteiger partial charge in [0.25, 0.3) is 5.91 Å². The summed E-state index contributed by atoms with van der Waals surface area (Å²) >= 11 is 0. The summed E-state index contributed by atoms with van der Waals surface area (Å²) in [4.78, 5) is 15.2. The van der Waals surface area contributed by atoms with E-state index >= 15 is 0 Å². The molecular formula is C21H29N9O4. The second kappa shape index (κ2) is 11.7. The van der Waals surface area contributed by atoms with Crippen LogP contribution in [0.1, 0.15) is 48.4 Å². The van der Waals surface area contributed by atoms with E-state index in [0.29, 0.717) is 29.3 Å². The first-order valence-electron chi connectivity index (χ1n) is 10.8. The molecule has 0 saturated heterocycles. The SMILES string of the molecule is CCCN(CCC)Cc1c(C(=O)NN=Cc2ccc(OC)cc2OC)nnn1-c1nonc1N. The largest absolute Gasteiger partial charge is 0.497 e. The number of nitrogens with zero attached hydrogens (tertiary/aromatic N) is 7. The third-order valence-electron chi connectivity index (χ3n) is 4.94. The minimum absolute atomic E-state index is 0.0419. The number of hydrazone groups is 1. The zero-order valence-corrected chi connectivity index (χ0v) is 19.7. The van der Waals surface area contributed by atoms with Gasteiger partial charge in [-0.15, -0.1) is 5.10 Å². The van der Waals surface area contributed by atoms with E-state index in [-0.39, 0.29) is 17.3 Å². The number of anilines is 1. The lowest BCUT2D eigenvalue weighted by Gasteiger charge is -2.21. The molecule has 0 spiro atoms. The summed E-state index contributed by atoms with van der Waals surface area (Å²) in [6, 6.07) is 5.25. The first kappa shape index (κ1) is 24.6. The van der Waals surface area contributed by atoms with Crippen LogP contribution in [0.4, 0.5) is 5.82 Å². The molecule has 2 heterocycles. The van der Waals surface area contributed by atoms with Gasteiger partial charge < -0.3 is 15.2 Å². The highest BCUT2D eigenvalue weighted by Gasteiger charge is 2.25. The van der Waals surface area contributed by atoms with Crippen molar-refractivity contribution >= 4 is 17.9 Å². The van der Waals surface area contributed by atoms with E-state index in [2.05, 4.69) is 49.9 Å². The van der Waals surface area contributed by atoms with E-state index in [0.717, 1.165) is 25.9 Å². The van der Waals surface area contributed by atoms with Gasteiger partial charge in [-0.3, -0.25) is 9.69 Å².